The first kappa shape index (κ1) is 21.1. The Morgan fingerprint density at radius 2 is 1.84 bits per heavy atom. The molecule has 4 rings (SSSR count). The zero-order valence-corrected chi connectivity index (χ0v) is 17.8. The molecule has 0 aliphatic carbocycles. The summed E-state index contributed by atoms with van der Waals surface area (Å²) in [6.45, 7) is 1.84. The molecular formula is C25H22ClFN2O2. The van der Waals surface area contributed by atoms with Crippen LogP contribution >= 0.6 is 11.6 Å². The zero-order valence-electron chi connectivity index (χ0n) is 17.0. The van der Waals surface area contributed by atoms with Crippen LogP contribution in [0.15, 0.2) is 72.8 Å². The summed E-state index contributed by atoms with van der Waals surface area (Å²) in [7, 11) is 0. The van der Waals surface area contributed by atoms with E-state index in [4.69, 9.17) is 11.6 Å². The number of hydrogen-bond donors (Lipinski definition) is 1. The molecule has 2 amide bonds. The summed E-state index contributed by atoms with van der Waals surface area (Å²) < 4.78 is 13.6. The second-order valence-corrected chi connectivity index (χ2v) is 8.01. The van der Waals surface area contributed by atoms with E-state index >= 15 is 0 Å². The number of benzene rings is 3. The summed E-state index contributed by atoms with van der Waals surface area (Å²) in [5.41, 5.74) is 2.88. The van der Waals surface area contributed by atoms with Gasteiger partial charge in [0.1, 0.15) is 12.4 Å². The molecule has 3 aromatic carbocycles. The largest absolute Gasteiger partial charge is 0.324 e. The van der Waals surface area contributed by atoms with E-state index in [1.807, 2.05) is 37.3 Å². The molecule has 1 N–H and O–H groups in total. The van der Waals surface area contributed by atoms with Gasteiger partial charge in [-0.15, -0.1) is 0 Å². The number of nitrogens with zero attached hydrogens (tertiary/aromatic N) is 1. The quantitative estimate of drug-likeness (QED) is 0.583. The fourth-order valence-electron chi connectivity index (χ4n) is 4.13. The van der Waals surface area contributed by atoms with Crippen molar-refractivity contribution in [2.75, 3.05) is 11.9 Å². The number of rotatable bonds is 4. The van der Waals surface area contributed by atoms with Crippen molar-refractivity contribution in [1.82, 2.24) is 4.90 Å². The summed E-state index contributed by atoms with van der Waals surface area (Å²) in [6, 6.07) is 20.1. The third-order valence-corrected chi connectivity index (χ3v) is 5.82. The van der Waals surface area contributed by atoms with Crippen molar-refractivity contribution in [3.8, 4) is 0 Å². The number of halogens is 2. The van der Waals surface area contributed by atoms with Crippen LogP contribution in [-0.2, 0) is 9.59 Å². The van der Waals surface area contributed by atoms with Crippen molar-refractivity contribution in [2.45, 2.75) is 25.3 Å². The lowest BCUT2D eigenvalue weighted by atomic mass is 9.91. The maximum atomic E-state index is 13.8. The summed E-state index contributed by atoms with van der Waals surface area (Å²) >= 11 is 6.28. The molecule has 1 aliphatic heterocycles. The molecule has 1 heterocycles. The molecule has 0 saturated carbocycles. The highest BCUT2D eigenvalue weighted by Gasteiger charge is 2.36. The molecule has 0 unspecified atom stereocenters. The first-order chi connectivity index (χ1) is 15.0. The zero-order chi connectivity index (χ0) is 22.0. The molecule has 1 aliphatic rings. The lowest BCUT2D eigenvalue weighted by molar-refractivity contribution is -0.137. The molecule has 6 heteroatoms. The van der Waals surface area contributed by atoms with Crippen molar-refractivity contribution in [1.29, 1.82) is 0 Å². The van der Waals surface area contributed by atoms with Crippen LogP contribution in [0.5, 0.6) is 0 Å². The lowest BCUT2D eigenvalue weighted by Gasteiger charge is -2.33. The topological polar surface area (TPSA) is 49.4 Å². The van der Waals surface area contributed by atoms with E-state index in [-0.39, 0.29) is 24.2 Å². The smallest absolute Gasteiger partial charge is 0.244 e. The second kappa shape index (κ2) is 8.90. The second-order valence-electron chi connectivity index (χ2n) is 7.57. The van der Waals surface area contributed by atoms with Crippen LogP contribution in [0.4, 0.5) is 10.1 Å². The van der Waals surface area contributed by atoms with Gasteiger partial charge in [0.05, 0.1) is 12.0 Å². The molecule has 4 nitrogen and oxygen atoms in total. The fourth-order valence-corrected chi connectivity index (χ4v) is 4.31. The number of carbonyl (C=O) groups excluding carboxylic acids is 2. The molecule has 31 heavy (non-hydrogen) atoms. The van der Waals surface area contributed by atoms with E-state index in [1.165, 1.54) is 12.1 Å². The van der Waals surface area contributed by atoms with Crippen LogP contribution in [0.25, 0.3) is 0 Å². The minimum atomic E-state index is -0.585. The average molecular weight is 437 g/mol. The van der Waals surface area contributed by atoms with E-state index in [9.17, 15) is 14.0 Å². The first-order valence-electron chi connectivity index (χ1n) is 10.2. The molecule has 2 atom stereocenters. The van der Waals surface area contributed by atoms with Crippen LogP contribution in [0, 0.1) is 5.82 Å². The maximum absolute atomic E-state index is 13.8. The van der Waals surface area contributed by atoms with Crippen molar-refractivity contribution >= 4 is 29.1 Å². The van der Waals surface area contributed by atoms with Gasteiger partial charge in [0.2, 0.25) is 11.8 Å². The van der Waals surface area contributed by atoms with Gasteiger partial charge in [-0.3, -0.25) is 9.59 Å². The van der Waals surface area contributed by atoms with Crippen LogP contribution < -0.4 is 5.32 Å². The number of fused-ring (bicyclic) bond motifs is 1. The van der Waals surface area contributed by atoms with Crippen LogP contribution in [0.2, 0.25) is 5.02 Å². The molecule has 0 spiro atoms. The van der Waals surface area contributed by atoms with Gasteiger partial charge in [-0.05, 0) is 47.9 Å². The highest BCUT2D eigenvalue weighted by atomic mass is 35.5. The number of carbonyl (C=O) groups is 2. The average Bonchev–Trinajstić information content (AvgIpc) is 2.91. The summed E-state index contributed by atoms with van der Waals surface area (Å²) in [5.74, 6) is -1.22. The molecule has 0 radical (unpaired) electrons. The molecule has 158 valence electrons. The minimum absolute atomic E-state index is 0.115. The predicted octanol–water partition coefficient (Wildman–Crippen LogP) is 5.54. The lowest BCUT2D eigenvalue weighted by Crippen LogP contribution is -2.41. The fraction of sp³-hybridized carbons (Fsp3) is 0.200. The van der Waals surface area contributed by atoms with Gasteiger partial charge in [-0.2, -0.15) is 0 Å². The summed E-state index contributed by atoms with van der Waals surface area (Å²) in [5, 5.41) is 3.37. The van der Waals surface area contributed by atoms with Gasteiger partial charge < -0.3 is 10.2 Å². The molecule has 0 aromatic heterocycles. The van der Waals surface area contributed by atoms with Crippen LogP contribution in [-0.4, -0.2) is 23.3 Å². The van der Waals surface area contributed by atoms with E-state index in [0.717, 1.165) is 5.56 Å². The Labute approximate surface area is 185 Å². The SMILES string of the molecule is CC[C@@H](C(=O)N1CC(=O)Nc2ccc(Cl)cc2[C@H]1c1ccc(F)cc1)c1ccccc1. The summed E-state index contributed by atoms with van der Waals surface area (Å²) in [4.78, 5) is 28.1. The van der Waals surface area contributed by atoms with E-state index < -0.39 is 12.0 Å². The van der Waals surface area contributed by atoms with E-state index in [1.54, 1.807) is 35.2 Å². The normalized spacial score (nSPS) is 16.8. The van der Waals surface area contributed by atoms with Gasteiger partial charge in [0.15, 0.2) is 0 Å². The van der Waals surface area contributed by atoms with Gasteiger partial charge in [0.25, 0.3) is 0 Å². The third-order valence-electron chi connectivity index (χ3n) is 5.59. The Morgan fingerprint density at radius 1 is 1.13 bits per heavy atom. The van der Waals surface area contributed by atoms with Gasteiger partial charge in [-0.25, -0.2) is 4.39 Å². The highest BCUT2D eigenvalue weighted by molar-refractivity contribution is 6.30. The predicted molar refractivity (Wildman–Crippen MR) is 120 cm³/mol. The molecule has 0 saturated heterocycles. The standard InChI is InChI=1S/C25H22ClFN2O2/c1-2-20(16-6-4-3-5-7-16)25(31)29-15-23(30)28-22-13-10-18(26)14-21(22)24(29)17-8-11-19(27)12-9-17/h3-14,20,24H,2,15H2,1H3,(H,28,30)/t20-,24-/m1/s1. The first-order valence-corrected chi connectivity index (χ1v) is 10.6. The highest BCUT2D eigenvalue weighted by Crippen LogP contribution is 2.39. The van der Waals surface area contributed by atoms with Crippen LogP contribution in [0.3, 0.4) is 0 Å². The Bertz CT molecular complexity index is 1100. The van der Waals surface area contributed by atoms with Gasteiger partial charge in [0, 0.05) is 16.3 Å². The minimum Gasteiger partial charge on any atom is -0.324 e. The molecule has 0 bridgehead atoms. The number of hydrogen-bond acceptors (Lipinski definition) is 2. The third kappa shape index (κ3) is 4.32. The number of anilines is 1. The Morgan fingerprint density at radius 3 is 2.52 bits per heavy atom. The Kier molecular flexibility index (Phi) is 6.05. The van der Waals surface area contributed by atoms with Gasteiger partial charge >= 0.3 is 0 Å². The summed E-state index contributed by atoms with van der Waals surface area (Å²) in [6.07, 6.45) is 0.583. The van der Waals surface area contributed by atoms with Crippen molar-refractivity contribution in [3.05, 3.63) is 100 Å². The number of nitrogens with one attached hydrogen (secondary N) is 1. The van der Waals surface area contributed by atoms with Gasteiger partial charge in [-0.1, -0.05) is 61.0 Å². The Hall–Kier alpha value is -3.18. The Balaban J connectivity index is 1.86. The monoisotopic (exact) mass is 436 g/mol. The van der Waals surface area contributed by atoms with Crippen molar-refractivity contribution in [3.63, 3.8) is 0 Å². The van der Waals surface area contributed by atoms with Crippen molar-refractivity contribution in [2.24, 2.45) is 0 Å². The van der Waals surface area contributed by atoms with E-state index in [0.29, 0.717) is 28.3 Å². The molecule has 0 fully saturated rings. The van der Waals surface area contributed by atoms with Crippen molar-refractivity contribution < 1.29 is 14.0 Å². The molecule has 3 aromatic rings. The van der Waals surface area contributed by atoms with Crippen LogP contribution in [0.1, 0.15) is 42.0 Å². The maximum Gasteiger partial charge on any atom is 0.244 e. The number of amides is 2. The molecular weight excluding hydrogens is 415 g/mol. The van der Waals surface area contributed by atoms with E-state index in [2.05, 4.69) is 5.32 Å².